The molecular formula is C11H13BrFNO3. The van der Waals surface area contributed by atoms with Crippen molar-refractivity contribution >= 4 is 21.8 Å². The summed E-state index contributed by atoms with van der Waals surface area (Å²) in [5, 5.41) is 2.58. The number of carbonyl (C=O) groups is 1. The van der Waals surface area contributed by atoms with Crippen LogP contribution in [0.2, 0.25) is 0 Å². The molecule has 6 heteroatoms. The fourth-order valence-corrected chi connectivity index (χ4v) is 1.66. The molecule has 0 radical (unpaired) electrons. The molecule has 0 fully saturated rings. The molecule has 1 amide bonds. The lowest BCUT2D eigenvalue weighted by Gasteiger charge is -2.14. The Bertz CT molecular complexity index is 396. The molecule has 0 saturated heterocycles. The summed E-state index contributed by atoms with van der Waals surface area (Å²) < 4.78 is 23.2. The predicted molar refractivity (Wildman–Crippen MR) is 64.2 cm³/mol. The summed E-state index contributed by atoms with van der Waals surface area (Å²) in [5.41, 5.74) is 0.232. The normalized spacial score (nSPS) is 10.6. The van der Waals surface area contributed by atoms with E-state index in [1.54, 1.807) is 0 Å². The van der Waals surface area contributed by atoms with Gasteiger partial charge in [0.1, 0.15) is 5.82 Å². The van der Waals surface area contributed by atoms with E-state index in [0.717, 1.165) is 0 Å². The summed E-state index contributed by atoms with van der Waals surface area (Å²) in [6.45, 7) is 0.189. The van der Waals surface area contributed by atoms with E-state index < -0.39 is 18.0 Å². The van der Waals surface area contributed by atoms with Crippen LogP contribution in [0.25, 0.3) is 0 Å². The Hall–Kier alpha value is -0.980. The molecule has 0 aliphatic heterocycles. The highest BCUT2D eigenvalue weighted by Crippen LogP contribution is 2.20. The maximum atomic E-state index is 13.2. The minimum Gasteiger partial charge on any atom is -0.354 e. The monoisotopic (exact) mass is 305 g/mol. The topological polar surface area (TPSA) is 47.6 Å². The van der Waals surface area contributed by atoms with Crippen LogP contribution in [0.5, 0.6) is 0 Å². The fraction of sp³-hybridized carbons (Fsp3) is 0.364. The SMILES string of the molecule is COC(CNC(=O)c1cccc(F)c1Br)OC. The van der Waals surface area contributed by atoms with Crippen LogP contribution in [0.15, 0.2) is 22.7 Å². The maximum Gasteiger partial charge on any atom is 0.252 e. The Morgan fingerprint density at radius 1 is 1.47 bits per heavy atom. The quantitative estimate of drug-likeness (QED) is 0.846. The van der Waals surface area contributed by atoms with E-state index in [2.05, 4.69) is 21.2 Å². The molecule has 0 aromatic heterocycles. The highest BCUT2D eigenvalue weighted by Gasteiger charge is 2.14. The summed E-state index contributed by atoms with van der Waals surface area (Å²) in [7, 11) is 2.94. The van der Waals surface area contributed by atoms with Crippen molar-refractivity contribution < 1.29 is 18.7 Å². The third kappa shape index (κ3) is 3.76. The Morgan fingerprint density at radius 3 is 2.71 bits per heavy atom. The number of ether oxygens (including phenoxy) is 2. The third-order valence-electron chi connectivity index (χ3n) is 2.15. The van der Waals surface area contributed by atoms with Gasteiger partial charge in [0, 0.05) is 14.2 Å². The van der Waals surface area contributed by atoms with Gasteiger partial charge in [-0.3, -0.25) is 4.79 Å². The number of hydrogen-bond donors (Lipinski definition) is 1. The van der Waals surface area contributed by atoms with E-state index in [1.807, 2.05) is 0 Å². The molecule has 1 aromatic rings. The van der Waals surface area contributed by atoms with Gasteiger partial charge in [-0.1, -0.05) is 6.07 Å². The second kappa shape index (κ2) is 6.68. The van der Waals surface area contributed by atoms with Crippen molar-refractivity contribution in [3.63, 3.8) is 0 Å². The molecule has 0 heterocycles. The molecule has 0 bridgehead atoms. The number of benzene rings is 1. The first kappa shape index (κ1) is 14.1. The Morgan fingerprint density at radius 2 is 2.12 bits per heavy atom. The number of nitrogens with one attached hydrogen (secondary N) is 1. The second-order valence-electron chi connectivity index (χ2n) is 3.21. The predicted octanol–water partition coefficient (Wildman–Crippen LogP) is 1.94. The Labute approximate surface area is 107 Å². The number of halogens is 2. The van der Waals surface area contributed by atoms with Crippen molar-refractivity contribution in [2.24, 2.45) is 0 Å². The molecule has 1 aromatic carbocycles. The average Bonchev–Trinajstić information content (AvgIpc) is 2.33. The van der Waals surface area contributed by atoms with Gasteiger partial charge in [-0.05, 0) is 28.1 Å². The Kier molecular flexibility index (Phi) is 5.54. The van der Waals surface area contributed by atoms with Crippen LogP contribution in [0, 0.1) is 5.82 Å². The molecule has 0 spiro atoms. The first-order valence-corrected chi connectivity index (χ1v) is 5.67. The summed E-state index contributed by atoms with van der Waals surface area (Å²) in [6.07, 6.45) is -0.522. The van der Waals surface area contributed by atoms with E-state index in [1.165, 1.54) is 32.4 Å². The number of hydrogen-bond acceptors (Lipinski definition) is 3. The van der Waals surface area contributed by atoms with Gasteiger partial charge in [0.05, 0.1) is 16.6 Å². The van der Waals surface area contributed by atoms with E-state index in [4.69, 9.17) is 9.47 Å². The molecule has 0 unspecified atom stereocenters. The highest BCUT2D eigenvalue weighted by molar-refractivity contribution is 9.10. The molecule has 0 saturated carbocycles. The van der Waals surface area contributed by atoms with Gasteiger partial charge in [-0.15, -0.1) is 0 Å². The molecule has 4 nitrogen and oxygen atoms in total. The second-order valence-corrected chi connectivity index (χ2v) is 4.01. The number of methoxy groups -OCH3 is 2. The number of rotatable bonds is 5. The molecule has 94 valence electrons. The zero-order chi connectivity index (χ0) is 12.8. The zero-order valence-electron chi connectivity index (χ0n) is 9.50. The minimum atomic E-state index is -0.522. The third-order valence-corrected chi connectivity index (χ3v) is 2.96. The smallest absolute Gasteiger partial charge is 0.252 e. The summed E-state index contributed by atoms with van der Waals surface area (Å²) in [6, 6.07) is 4.27. The Balaban J connectivity index is 2.67. The van der Waals surface area contributed by atoms with Gasteiger partial charge in [0.25, 0.3) is 5.91 Å². The first-order chi connectivity index (χ1) is 8.10. The van der Waals surface area contributed by atoms with Gasteiger partial charge >= 0.3 is 0 Å². The van der Waals surface area contributed by atoms with Crippen molar-refractivity contribution in [1.29, 1.82) is 0 Å². The van der Waals surface area contributed by atoms with E-state index in [0.29, 0.717) is 0 Å². The van der Waals surface area contributed by atoms with Crippen LogP contribution in [0.1, 0.15) is 10.4 Å². The van der Waals surface area contributed by atoms with Gasteiger partial charge in [0.15, 0.2) is 6.29 Å². The van der Waals surface area contributed by atoms with E-state index in [9.17, 15) is 9.18 Å². The van der Waals surface area contributed by atoms with Gasteiger partial charge < -0.3 is 14.8 Å². The lowest BCUT2D eigenvalue weighted by molar-refractivity contribution is -0.0974. The van der Waals surface area contributed by atoms with Crippen molar-refractivity contribution in [3.8, 4) is 0 Å². The summed E-state index contributed by atoms with van der Waals surface area (Å²) >= 11 is 3.02. The minimum absolute atomic E-state index is 0.142. The van der Waals surface area contributed by atoms with Crippen LogP contribution >= 0.6 is 15.9 Å². The van der Waals surface area contributed by atoms with Crippen LogP contribution in [-0.2, 0) is 9.47 Å². The summed E-state index contributed by atoms with van der Waals surface area (Å²) in [4.78, 5) is 11.7. The maximum absolute atomic E-state index is 13.2. The molecule has 1 rings (SSSR count). The van der Waals surface area contributed by atoms with Crippen molar-refractivity contribution in [3.05, 3.63) is 34.1 Å². The van der Waals surface area contributed by atoms with E-state index >= 15 is 0 Å². The number of amides is 1. The van der Waals surface area contributed by atoms with Crippen LogP contribution in [-0.4, -0.2) is 33.0 Å². The first-order valence-electron chi connectivity index (χ1n) is 4.88. The van der Waals surface area contributed by atoms with Crippen molar-refractivity contribution in [1.82, 2.24) is 5.32 Å². The van der Waals surface area contributed by atoms with Gasteiger partial charge in [-0.25, -0.2) is 4.39 Å². The molecule has 17 heavy (non-hydrogen) atoms. The fourth-order valence-electron chi connectivity index (χ4n) is 1.21. The molecule has 1 N–H and O–H groups in total. The molecule has 0 atom stereocenters. The lowest BCUT2D eigenvalue weighted by Crippen LogP contribution is -2.34. The highest BCUT2D eigenvalue weighted by atomic mass is 79.9. The zero-order valence-corrected chi connectivity index (χ0v) is 11.1. The van der Waals surface area contributed by atoms with Crippen molar-refractivity contribution in [2.75, 3.05) is 20.8 Å². The average molecular weight is 306 g/mol. The van der Waals surface area contributed by atoms with Crippen LogP contribution < -0.4 is 5.32 Å². The largest absolute Gasteiger partial charge is 0.354 e. The standard InChI is InChI=1S/C11H13BrFNO3/c1-16-9(17-2)6-14-11(15)7-4-3-5-8(13)10(7)12/h3-5,9H,6H2,1-2H3,(H,14,15). The number of carbonyl (C=O) groups excluding carboxylic acids is 1. The van der Waals surface area contributed by atoms with Gasteiger partial charge in [0.2, 0.25) is 0 Å². The molecule has 0 aliphatic carbocycles. The van der Waals surface area contributed by atoms with Crippen LogP contribution in [0.4, 0.5) is 4.39 Å². The van der Waals surface area contributed by atoms with Crippen molar-refractivity contribution in [2.45, 2.75) is 6.29 Å². The molecule has 0 aliphatic rings. The molecular weight excluding hydrogens is 293 g/mol. The van der Waals surface area contributed by atoms with Gasteiger partial charge in [-0.2, -0.15) is 0 Å². The van der Waals surface area contributed by atoms with E-state index in [-0.39, 0.29) is 16.6 Å². The summed E-state index contributed by atoms with van der Waals surface area (Å²) in [5.74, 6) is -0.872. The van der Waals surface area contributed by atoms with Crippen LogP contribution in [0.3, 0.4) is 0 Å². The lowest BCUT2D eigenvalue weighted by atomic mass is 10.2.